The fourth-order valence-corrected chi connectivity index (χ4v) is 4.30. The van der Waals surface area contributed by atoms with Gasteiger partial charge >= 0.3 is 0 Å². The van der Waals surface area contributed by atoms with Gasteiger partial charge in [-0.1, -0.05) is 19.3 Å². The Hall–Kier alpha value is -3.12. The fraction of sp³-hybridized carbons (Fsp3) is 0.273. The third-order valence-electron chi connectivity index (χ3n) is 5.92. The molecule has 1 aliphatic carbocycles. The molecule has 0 radical (unpaired) electrons. The van der Waals surface area contributed by atoms with E-state index in [-0.39, 0.29) is 30.6 Å². The molecule has 1 nitrogen and oxygen atoms in total. The summed E-state index contributed by atoms with van der Waals surface area (Å²) in [7, 11) is 0. The van der Waals surface area contributed by atoms with Gasteiger partial charge in [0.05, 0.1) is 10.8 Å². The molecule has 0 heterocycles. The van der Waals surface area contributed by atoms with Gasteiger partial charge in [-0.15, -0.1) is 0 Å². The number of rotatable bonds is 3. The largest absolute Gasteiger partial charge is 0.328 e. The number of hydrogen-bond acceptors (Lipinski definition) is 1. The SMILES string of the molecule is Fc1c(F)c(F)c(N(c2c(F)c(F)c3c(F)c(F)c(F)c(F)c3c2F)C2CCCCC2)c(F)c1F. The minimum Gasteiger partial charge on any atom is -0.328 e. The monoisotopic (exact) mass is 517 g/mol. The summed E-state index contributed by atoms with van der Waals surface area (Å²) in [6.07, 6.45) is 0.722. The number of hydrogen-bond donors (Lipinski definition) is 0. The van der Waals surface area contributed by atoms with Crippen molar-refractivity contribution in [2.24, 2.45) is 0 Å². The van der Waals surface area contributed by atoms with E-state index in [9.17, 15) is 43.9 Å². The molecule has 13 heteroatoms. The van der Waals surface area contributed by atoms with Crippen molar-refractivity contribution >= 4 is 22.1 Å². The second-order valence-corrected chi connectivity index (χ2v) is 7.88. The lowest BCUT2D eigenvalue weighted by Crippen LogP contribution is -2.36. The van der Waals surface area contributed by atoms with Gasteiger partial charge in [0.1, 0.15) is 11.4 Å². The smallest absolute Gasteiger partial charge is 0.200 e. The van der Waals surface area contributed by atoms with Crippen molar-refractivity contribution in [3.8, 4) is 0 Å². The second kappa shape index (κ2) is 8.83. The first-order valence-electron chi connectivity index (χ1n) is 10.0. The maximum absolute atomic E-state index is 15.4. The second-order valence-electron chi connectivity index (χ2n) is 7.88. The first-order chi connectivity index (χ1) is 16.4. The average molecular weight is 517 g/mol. The van der Waals surface area contributed by atoms with E-state index in [1.54, 1.807) is 0 Å². The molecule has 3 aromatic rings. The molecule has 1 aliphatic rings. The Morgan fingerprint density at radius 2 is 0.686 bits per heavy atom. The summed E-state index contributed by atoms with van der Waals surface area (Å²) in [4.78, 5) is -0.0682. The maximum Gasteiger partial charge on any atom is 0.200 e. The molecule has 0 amide bonds. The molecule has 3 aromatic carbocycles. The van der Waals surface area contributed by atoms with Gasteiger partial charge in [-0.25, -0.2) is 52.7 Å². The van der Waals surface area contributed by atoms with Gasteiger partial charge in [0.2, 0.25) is 5.82 Å². The highest BCUT2D eigenvalue weighted by Gasteiger charge is 2.39. The molecular formula is C22H11F12N. The molecule has 0 aromatic heterocycles. The molecule has 188 valence electrons. The van der Waals surface area contributed by atoms with Crippen molar-refractivity contribution < 1.29 is 52.7 Å². The molecule has 1 saturated carbocycles. The fourth-order valence-electron chi connectivity index (χ4n) is 4.30. The van der Waals surface area contributed by atoms with Crippen LogP contribution in [0.1, 0.15) is 32.1 Å². The summed E-state index contributed by atoms with van der Waals surface area (Å²) in [5.74, 6) is -30.1. The highest BCUT2D eigenvalue weighted by Crippen LogP contribution is 2.45. The van der Waals surface area contributed by atoms with Crippen LogP contribution in [0.4, 0.5) is 64.1 Å². The van der Waals surface area contributed by atoms with Crippen molar-refractivity contribution in [1.82, 2.24) is 0 Å². The van der Waals surface area contributed by atoms with Gasteiger partial charge in [-0.3, -0.25) is 0 Å². The number of anilines is 2. The van der Waals surface area contributed by atoms with E-state index in [0.29, 0.717) is 6.42 Å². The van der Waals surface area contributed by atoms with Crippen LogP contribution in [0.5, 0.6) is 0 Å². The van der Waals surface area contributed by atoms with Crippen LogP contribution in [0, 0.1) is 69.8 Å². The molecule has 0 aliphatic heterocycles. The van der Waals surface area contributed by atoms with E-state index >= 15 is 8.78 Å². The minimum atomic E-state index is -2.61. The first-order valence-corrected chi connectivity index (χ1v) is 10.0. The van der Waals surface area contributed by atoms with E-state index in [0.717, 1.165) is 0 Å². The molecule has 0 spiro atoms. The molecule has 35 heavy (non-hydrogen) atoms. The summed E-state index contributed by atoms with van der Waals surface area (Å²) < 4.78 is 172. The van der Waals surface area contributed by atoms with E-state index in [4.69, 9.17) is 0 Å². The first kappa shape index (κ1) is 25.0. The van der Waals surface area contributed by atoms with Crippen molar-refractivity contribution in [2.45, 2.75) is 38.1 Å². The maximum atomic E-state index is 15.4. The Labute approximate surface area is 188 Å². The molecule has 4 rings (SSSR count). The Morgan fingerprint density at radius 3 is 1.17 bits per heavy atom. The molecule has 0 unspecified atom stereocenters. The van der Waals surface area contributed by atoms with Crippen LogP contribution >= 0.6 is 0 Å². The van der Waals surface area contributed by atoms with Crippen LogP contribution in [-0.4, -0.2) is 6.04 Å². The summed E-state index contributed by atoms with van der Waals surface area (Å²) in [6, 6.07) is -1.41. The van der Waals surface area contributed by atoms with Gasteiger partial charge < -0.3 is 4.90 Å². The van der Waals surface area contributed by atoms with E-state index < -0.39 is 98.0 Å². The van der Waals surface area contributed by atoms with Crippen LogP contribution in [0.2, 0.25) is 0 Å². The summed E-state index contributed by atoms with van der Waals surface area (Å²) in [5.41, 5.74) is -3.75. The zero-order valence-electron chi connectivity index (χ0n) is 17.1. The molecule has 0 bridgehead atoms. The van der Waals surface area contributed by atoms with E-state index in [1.165, 1.54) is 0 Å². The van der Waals surface area contributed by atoms with Crippen LogP contribution < -0.4 is 4.90 Å². The molecule has 0 atom stereocenters. The van der Waals surface area contributed by atoms with E-state index in [1.807, 2.05) is 0 Å². The lowest BCUT2D eigenvalue weighted by atomic mass is 9.92. The minimum absolute atomic E-state index is 0.0682. The van der Waals surface area contributed by atoms with Crippen LogP contribution in [0.25, 0.3) is 10.8 Å². The Balaban J connectivity index is 2.17. The lowest BCUT2D eigenvalue weighted by Gasteiger charge is -2.37. The zero-order chi connectivity index (χ0) is 25.9. The standard InChI is InChI=1S/C22H11F12N/c23-9-7-8(10(24)14(28)13(9)27)12(26)21(18(32)11(7)25)35(6-4-2-1-3-5-6)22-19(33)16(30)15(29)17(31)20(22)34/h6H,1-5H2. The number of fused-ring (bicyclic) bond motifs is 1. The average Bonchev–Trinajstić information content (AvgIpc) is 2.85. The predicted molar refractivity (Wildman–Crippen MR) is 98.9 cm³/mol. The summed E-state index contributed by atoms with van der Waals surface area (Å²) in [6.45, 7) is 0. The Morgan fingerprint density at radius 1 is 0.371 bits per heavy atom. The Kier molecular flexibility index (Phi) is 6.30. The molecule has 1 fully saturated rings. The predicted octanol–water partition coefficient (Wildman–Crippen LogP) is 7.98. The van der Waals surface area contributed by atoms with Crippen molar-refractivity contribution in [3.63, 3.8) is 0 Å². The Bertz CT molecular complexity index is 1330. The third kappa shape index (κ3) is 3.57. The van der Waals surface area contributed by atoms with Gasteiger partial charge in [-0.2, -0.15) is 0 Å². The van der Waals surface area contributed by atoms with Gasteiger partial charge in [0.25, 0.3) is 0 Å². The van der Waals surface area contributed by atoms with Gasteiger partial charge in [0.15, 0.2) is 64.0 Å². The highest BCUT2D eigenvalue weighted by molar-refractivity contribution is 5.90. The number of benzene rings is 3. The summed E-state index contributed by atoms with van der Waals surface area (Å²) in [5, 5.41) is -3.94. The van der Waals surface area contributed by atoms with Crippen LogP contribution in [0.15, 0.2) is 0 Å². The van der Waals surface area contributed by atoms with Crippen molar-refractivity contribution in [1.29, 1.82) is 0 Å². The van der Waals surface area contributed by atoms with Crippen LogP contribution in [0.3, 0.4) is 0 Å². The summed E-state index contributed by atoms with van der Waals surface area (Å²) >= 11 is 0. The number of nitrogens with zero attached hydrogens (tertiary/aromatic N) is 1. The van der Waals surface area contributed by atoms with Crippen molar-refractivity contribution in [3.05, 3.63) is 69.8 Å². The lowest BCUT2D eigenvalue weighted by molar-refractivity contribution is 0.370. The van der Waals surface area contributed by atoms with Gasteiger partial charge in [0, 0.05) is 6.04 Å². The molecule has 0 saturated heterocycles. The van der Waals surface area contributed by atoms with Crippen LogP contribution in [-0.2, 0) is 0 Å². The quantitative estimate of drug-likeness (QED) is 0.194. The molecular weight excluding hydrogens is 506 g/mol. The normalized spacial score (nSPS) is 14.7. The topological polar surface area (TPSA) is 3.24 Å². The third-order valence-corrected chi connectivity index (χ3v) is 5.92. The van der Waals surface area contributed by atoms with E-state index in [2.05, 4.69) is 0 Å². The van der Waals surface area contributed by atoms with Crippen molar-refractivity contribution in [2.75, 3.05) is 4.90 Å². The highest BCUT2D eigenvalue weighted by atomic mass is 19.2. The van der Waals surface area contributed by atoms with Gasteiger partial charge in [-0.05, 0) is 12.8 Å². The zero-order valence-corrected chi connectivity index (χ0v) is 17.1. The number of halogens is 12. The molecule has 0 N–H and O–H groups in total.